The van der Waals surface area contributed by atoms with Gasteiger partial charge in [0, 0.05) is 11.9 Å². The van der Waals surface area contributed by atoms with Crippen molar-refractivity contribution >= 4 is 21.6 Å². The molecule has 0 aliphatic carbocycles. The molecule has 0 heterocycles. The lowest BCUT2D eigenvalue weighted by molar-refractivity contribution is 0.229. The van der Waals surface area contributed by atoms with Gasteiger partial charge in [0.25, 0.3) is 0 Å². The van der Waals surface area contributed by atoms with Crippen LogP contribution in [0, 0.1) is 11.2 Å². The highest BCUT2D eigenvalue weighted by atomic mass is 32.2. The first kappa shape index (κ1) is 20.9. The van der Waals surface area contributed by atoms with Gasteiger partial charge in [-0.15, -0.1) is 0 Å². The molecule has 0 aromatic heterocycles. The van der Waals surface area contributed by atoms with Crippen molar-refractivity contribution in [3.05, 3.63) is 65.5 Å². The maximum absolute atomic E-state index is 13.2. The number of carbonyl (C=O) groups is 1. The van der Waals surface area contributed by atoms with Crippen LogP contribution in [0.5, 0.6) is 0 Å². The zero-order chi connectivity index (χ0) is 20.2. The van der Waals surface area contributed by atoms with Crippen LogP contribution < -0.4 is 10.6 Å². The van der Waals surface area contributed by atoms with E-state index in [4.69, 9.17) is 0 Å². The van der Waals surface area contributed by atoms with Crippen molar-refractivity contribution in [2.45, 2.75) is 32.6 Å². The second-order valence-electron chi connectivity index (χ2n) is 7.72. The molecule has 0 fully saturated rings. The van der Waals surface area contributed by atoms with Crippen LogP contribution >= 0.6 is 0 Å². The average molecular weight is 392 g/mol. The van der Waals surface area contributed by atoms with Crippen LogP contribution in [-0.2, 0) is 15.6 Å². The summed E-state index contributed by atoms with van der Waals surface area (Å²) in [7, 11) is -3.16. The first-order valence-corrected chi connectivity index (χ1v) is 10.6. The minimum absolute atomic E-state index is 0.0929. The SMILES string of the molecule is CC(C)(C)C(NC(=O)Nc1cccc(CS(C)(=O)=O)c1)c1ccc(F)cc1. The van der Waals surface area contributed by atoms with Gasteiger partial charge in [-0.05, 0) is 40.8 Å². The summed E-state index contributed by atoms with van der Waals surface area (Å²) in [4.78, 5) is 12.5. The minimum atomic E-state index is -3.16. The van der Waals surface area contributed by atoms with Crippen LogP contribution in [0.2, 0.25) is 0 Å². The second kappa shape index (κ2) is 8.08. The second-order valence-corrected chi connectivity index (χ2v) is 9.86. The molecule has 1 unspecified atom stereocenters. The van der Waals surface area contributed by atoms with E-state index in [0.29, 0.717) is 11.3 Å². The van der Waals surface area contributed by atoms with Gasteiger partial charge < -0.3 is 10.6 Å². The number of hydrogen-bond acceptors (Lipinski definition) is 3. The van der Waals surface area contributed by atoms with Gasteiger partial charge in [0.05, 0.1) is 11.8 Å². The van der Waals surface area contributed by atoms with E-state index in [9.17, 15) is 17.6 Å². The molecule has 146 valence electrons. The Labute approximate surface area is 159 Å². The van der Waals surface area contributed by atoms with Crippen molar-refractivity contribution in [3.63, 3.8) is 0 Å². The maximum atomic E-state index is 13.2. The molecule has 0 aliphatic rings. The van der Waals surface area contributed by atoms with E-state index in [0.717, 1.165) is 11.8 Å². The fourth-order valence-electron chi connectivity index (χ4n) is 2.79. The minimum Gasteiger partial charge on any atom is -0.331 e. The highest BCUT2D eigenvalue weighted by Gasteiger charge is 2.28. The summed E-state index contributed by atoms with van der Waals surface area (Å²) >= 11 is 0. The molecule has 7 heteroatoms. The molecule has 0 aliphatic heterocycles. The molecule has 2 aromatic rings. The Morgan fingerprint density at radius 2 is 1.74 bits per heavy atom. The Hall–Kier alpha value is -2.41. The molecule has 27 heavy (non-hydrogen) atoms. The lowest BCUT2D eigenvalue weighted by Crippen LogP contribution is -2.39. The number of halogens is 1. The number of benzene rings is 2. The van der Waals surface area contributed by atoms with E-state index >= 15 is 0 Å². The molecule has 2 rings (SSSR count). The van der Waals surface area contributed by atoms with Crippen molar-refractivity contribution in [3.8, 4) is 0 Å². The summed E-state index contributed by atoms with van der Waals surface area (Å²) < 4.78 is 36.1. The average Bonchev–Trinajstić information content (AvgIpc) is 2.51. The Morgan fingerprint density at radius 1 is 1.11 bits per heavy atom. The van der Waals surface area contributed by atoms with Gasteiger partial charge in [-0.1, -0.05) is 45.0 Å². The van der Waals surface area contributed by atoms with Crippen molar-refractivity contribution < 1.29 is 17.6 Å². The first-order valence-electron chi connectivity index (χ1n) is 8.54. The highest BCUT2D eigenvalue weighted by molar-refractivity contribution is 7.89. The summed E-state index contributed by atoms with van der Waals surface area (Å²) in [5.74, 6) is -0.428. The molecule has 1 atom stereocenters. The number of hydrogen-bond donors (Lipinski definition) is 2. The van der Waals surface area contributed by atoms with E-state index in [1.54, 1.807) is 36.4 Å². The van der Waals surface area contributed by atoms with Crippen LogP contribution in [0.15, 0.2) is 48.5 Å². The number of anilines is 1. The molecule has 2 N–H and O–H groups in total. The van der Waals surface area contributed by atoms with Gasteiger partial charge in [0.2, 0.25) is 0 Å². The molecular formula is C20H25FN2O3S. The molecule has 0 saturated carbocycles. The maximum Gasteiger partial charge on any atom is 0.319 e. The topological polar surface area (TPSA) is 75.3 Å². The van der Waals surface area contributed by atoms with Crippen LogP contribution in [0.3, 0.4) is 0 Å². The molecule has 0 spiro atoms. The number of nitrogens with one attached hydrogen (secondary N) is 2. The van der Waals surface area contributed by atoms with Gasteiger partial charge in [-0.2, -0.15) is 0 Å². The molecule has 2 amide bonds. The van der Waals surface area contributed by atoms with E-state index in [1.165, 1.54) is 12.1 Å². The highest BCUT2D eigenvalue weighted by Crippen LogP contribution is 2.32. The van der Waals surface area contributed by atoms with Crippen LogP contribution in [0.25, 0.3) is 0 Å². The summed E-state index contributed by atoms with van der Waals surface area (Å²) in [5.41, 5.74) is 1.60. The smallest absolute Gasteiger partial charge is 0.319 e. The number of urea groups is 1. The summed E-state index contributed by atoms with van der Waals surface area (Å²) in [6.07, 6.45) is 1.16. The Morgan fingerprint density at radius 3 is 2.30 bits per heavy atom. The zero-order valence-corrected chi connectivity index (χ0v) is 16.7. The summed E-state index contributed by atoms with van der Waals surface area (Å²) in [6, 6.07) is 12.0. The van der Waals surface area contributed by atoms with Crippen LogP contribution in [0.4, 0.5) is 14.9 Å². The predicted octanol–water partition coefficient (Wildman–Crippen LogP) is 4.28. The van der Waals surface area contributed by atoms with Crippen molar-refractivity contribution in [2.24, 2.45) is 5.41 Å². The third-order valence-electron chi connectivity index (χ3n) is 3.96. The molecule has 2 aromatic carbocycles. The molecule has 5 nitrogen and oxygen atoms in total. The molecular weight excluding hydrogens is 367 g/mol. The Bertz CT molecular complexity index is 904. The number of amides is 2. The fourth-order valence-corrected chi connectivity index (χ4v) is 3.58. The lowest BCUT2D eigenvalue weighted by Gasteiger charge is -2.32. The fraction of sp³-hybridized carbons (Fsp3) is 0.350. The van der Waals surface area contributed by atoms with E-state index in [1.807, 2.05) is 20.8 Å². The Balaban J connectivity index is 2.14. The molecule has 0 saturated heterocycles. The lowest BCUT2D eigenvalue weighted by atomic mass is 9.82. The van der Waals surface area contributed by atoms with Crippen LogP contribution in [-0.4, -0.2) is 20.7 Å². The molecule has 0 bridgehead atoms. The quantitative estimate of drug-likeness (QED) is 0.797. The van der Waals surface area contributed by atoms with Gasteiger partial charge in [-0.3, -0.25) is 0 Å². The van der Waals surface area contributed by atoms with E-state index in [-0.39, 0.29) is 23.0 Å². The standard InChI is InChI=1S/C20H25FN2O3S/c1-20(2,3)18(15-8-10-16(21)11-9-15)23-19(24)22-17-7-5-6-14(12-17)13-27(4,25)26/h5-12,18H,13H2,1-4H3,(H2,22,23,24). The molecule has 0 radical (unpaired) electrons. The monoisotopic (exact) mass is 392 g/mol. The number of rotatable bonds is 5. The van der Waals surface area contributed by atoms with Crippen molar-refractivity contribution in [2.75, 3.05) is 11.6 Å². The van der Waals surface area contributed by atoms with Gasteiger partial charge in [0.1, 0.15) is 5.82 Å². The van der Waals surface area contributed by atoms with Crippen molar-refractivity contribution in [1.29, 1.82) is 0 Å². The van der Waals surface area contributed by atoms with Crippen molar-refractivity contribution in [1.82, 2.24) is 5.32 Å². The number of sulfone groups is 1. The Kier molecular flexibility index (Phi) is 6.26. The van der Waals surface area contributed by atoms with E-state index < -0.39 is 15.9 Å². The third kappa shape index (κ3) is 6.67. The zero-order valence-electron chi connectivity index (χ0n) is 15.9. The normalized spacial score (nSPS) is 13.1. The largest absolute Gasteiger partial charge is 0.331 e. The van der Waals surface area contributed by atoms with E-state index in [2.05, 4.69) is 10.6 Å². The van der Waals surface area contributed by atoms with Gasteiger partial charge in [-0.25, -0.2) is 17.6 Å². The van der Waals surface area contributed by atoms with Gasteiger partial charge in [0.15, 0.2) is 9.84 Å². The summed E-state index contributed by atoms with van der Waals surface area (Å²) in [6.45, 7) is 5.94. The summed E-state index contributed by atoms with van der Waals surface area (Å²) in [5, 5.41) is 5.65. The third-order valence-corrected chi connectivity index (χ3v) is 4.82. The van der Waals surface area contributed by atoms with Crippen LogP contribution in [0.1, 0.15) is 37.9 Å². The first-order chi connectivity index (χ1) is 12.4. The van der Waals surface area contributed by atoms with Gasteiger partial charge >= 0.3 is 6.03 Å². The number of carbonyl (C=O) groups excluding carboxylic acids is 1. The predicted molar refractivity (Wildman–Crippen MR) is 106 cm³/mol.